The van der Waals surface area contributed by atoms with Crippen molar-refractivity contribution in [3.63, 3.8) is 0 Å². The predicted molar refractivity (Wildman–Crippen MR) is 144 cm³/mol. The number of amides is 1. The van der Waals surface area contributed by atoms with Gasteiger partial charge in [0, 0.05) is 37.0 Å². The molecule has 7 nitrogen and oxygen atoms in total. The van der Waals surface area contributed by atoms with Gasteiger partial charge in [0.05, 0.1) is 25.2 Å². The highest BCUT2D eigenvalue weighted by Crippen LogP contribution is 2.31. The van der Waals surface area contributed by atoms with Crippen LogP contribution < -0.4 is 14.9 Å². The Hall–Kier alpha value is -3.17. The second kappa shape index (κ2) is 11.3. The van der Waals surface area contributed by atoms with Gasteiger partial charge in [-0.15, -0.1) is 0 Å². The van der Waals surface area contributed by atoms with E-state index in [1.54, 1.807) is 12.1 Å². The van der Waals surface area contributed by atoms with Crippen LogP contribution in [0.1, 0.15) is 43.0 Å². The number of benzene rings is 2. The highest BCUT2D eigenvalue weighted by molar-refractivity contribution is 7.92. The molecule has 2 aromatic carbocycles. The minimum atomic E-state index is -3.65. The molecular formula is C27H34FN3O4S. The van der Waals surface area contributed by atoms with E-state index in [0.29, 0.717) is 18.8 Å². The molecule has 3 rings (SSSR count). The molecule has 1 heterocycles. The van der Waals surface area contributed by atoms with Crippen LogP contribution in [-0.4, -0.2) is 46.9 Å². The van der Waals surface area contributed by atoms with Crippen LogP contribution in [-0.2, 0) is 31.5 Å². The van der Waals surface area contributed by atoms with E-state index in [4.69, 9.17) is 4.74 Å². The molecule has 2 aromatic rings. The Balaban J connectivity index is 1.75. The lowest BCUT2D eigenvalue weighted by molar-refractivity contribution is -0.116. The Bertz CT molecular complexity index is 1260. The van der Waals surface area contributed by atoms with Crippen LogP contribution in [0.15, 0.2) is 43.0 Å². The fraction of sp³-hybridized carbons (Fsp3) is 0.370. The van der Waals surface area contributed by atoms with Crippen LogP contribution in [0, 0.1) is 5.82 Å². The molecule has 0 aliphatic carbocycles. The number of rotatable bonds is 8. The fourth-order valence-electron chi connectivity index (χ4n) is 3.89. The third kappa shape index (κ3) is 7.41. The summed E-state index contributed by atoms with van der Waals surface area (Å²) < 4.78 is 45.2. The van der Waals surface area contributed by atoms with Gasteiger partial charge in [0.15, 0.2) is 0 Å². The third-order valence-electron chi connectivity index (χ3n) is 5.82. The number of hydrogen-bond donors (Lipinski definition) is 2. The Labute approximate surface area is 213 Å². The summed E-state index contributed by atoms with van der Waals surface area (Å²) in [5.41, 5.74) is 3.78. The van der Waals surface area contributed by atoms with Gasteiger partial charge in [-0.25, -0.2) is 12.8 Å². The summed E-state index contributed by atoms with van der Waals surface area (Å²) in [6.07, 6.45) is 5.54. The average Bonchev–Trinajstić information content (AvgIpc) is 2.82. The van der Waals surface area contributed by atoms with E-state index in [1.165, 1.54) is 23.8 Å². The molecule has 0 bridgehead atoms. The van der Waals surface area contributed by atoms with Crippen LogP contribution in [0.2, 0.25) is 0 Å². The first-order valence-electron chi connectivity index (χ1n) is 11.7. The van der Waals surface area contributed by atoms with Gasteiger partial charge in [-0.3, -0.25) is 9.52 Å². The van der Waals surface area contributed by atoms with Gasteiger partial charge in [0.1, 0.15) is 5.82 Å². The number of nitrogens with one attached hydrogen (secondary N) is 2. The molecule has 0 saturated carbocycles. The number of anilines is 2. The van der Waals surface area contributed by atoms with Gasteiger partial charge in [0.25, 0.3) is 0 Å². The van der Waals surface area contributed by atoms with E-state index >= 15 is 0 Å². The molecule has 2 N–H and O–H groups in total. The monoisotopic (exact) mass is 515 g/mol. The number of nitrogens with zero attached hydrogens (tertiary/aromatic N) is 1. The lowest BCUT2D eigenvalue weighted by atomic mass is 9.86. The summed E-state index contributed by atoms with van der Waals surface area (Å²) >= 11 is 0. The van der Waals surface area contributed by atoms with Gasteiger partial charge >= 0.3 is 0 Å². The molecule has 36 heavy (non-hydrogen) atoms. The van der Waals surface area contributed by atoms with Crippen molar-refractivity contribution in [3.8, 4) is 0 Å². The number of carbonyl (C=O) groups is 1. The van der Waals surface area contributed by atoms with Crippen LogP contribution >= 0.6 is 0 Å². The first kappa shape index (κ1) is 27.4. The van der Waals surface area contributed by atoms with Crippen molar-refractivity contribution in [1.29, 1.82) is 0 Å². The second-order valence-corrected chi connectivity index (χ2v) is 11.5. The number of ether oxygens (including phenoxy) is 1. The zero-order valence-electron chi connectivity index (χ0n) is 21.2. The van der Waals surface area contributed by atoms with E-state index in [0.717, 1.165) is 30.6 Å². The number of hydrogen-bond acceptors (Lipinski definition) is 5. The largest absolute Gasteiger partial charge is 0.378 e. The van der Waals surface area contributed by atoms with Crippen molar-refractivity contribution >= 4 is 39.5 Å². The zero-order chi connectivity index (χ0) is 26.5. The molecule has 0 aromatic heterocycles. The maximum Gasteiger partial charge on any atom is 0.244 e. The van der Waals surface area contributed by atoms with Crippen molar-refractivity contribution in [2.45, 2.75) is 32.7 Å². The Kier molecular flexibility index (Phi) is 8.58. The van der Waals surface area contributed by atoms with E-state index in [-0.39, 0.29) is 29.1 Å². The van der Waals surface area contributed by atoms with Gasteiger partial charge in [-0.05, 0) is 46.4 Å². The van der Waals surface area contributed by atoms with Gasteiger partial charge in [0.2, 0.25) is 15.9 Å². The Morgan fingerprint density at radius 2 is 1.86 bits per heavy atom. The van der Waals surface area contributed by atoms with Gasteiger partial charge < -0.3 is 15.0 Å². The molecule has 1 aliphatic rings. The van der Waals surface area contributed by atoms with E-state index in [9.17, 15) is 17.6 Å². The molecule has 194 valence electrons. The van der Waals surface area contributed by atoms with Crippen molar-refractivity contribution in [2.24, 2.45) is 0 Å². The molecule has 0 atom stereocenters. The smallest absolute Gasteiger partial charge is 0.244 e. The van der Waals surface area contributed by atoms with Crippen LogP contribution in [0.3, 0.4) is 0 Å². The normalized spacial score (nSPS) is 14.6. The summed E-state index contributed by atoms with van der Waals surface area (Å²) in [4.78, 5) is 14.8. The molecule has 1 saturated heterocycles. The quantitative estimate of drug-likeness (QED) is 0.512. The maximum atomic E-state index is 14.5. The summed E-state index contributed by atoms with van der Waals surface area (Å²) in [6.45, 7) is 13.1. The second-order valence-electron chi connectivity index (χ2n) is 9.79. The van der Waals surface area contributed by atoms with E-state index in [1.807, 2.05) is 6.07 Å². The number of carbonyl (C=O) groups excluding carboxylic acids is 1. The summed E-state index contributed by atoms with van der Waals surface area (Å²) in [6, 6.07) is 9.04. The highest BCUT2D eigenvalue weighted by Gasteiger charge is 2.19. The number of halogens is 1. The van der Waals surface area contributed by atoms with Gasteiger partial charge in [-0.2, -0.15) is 0 Å². The molecule has 1 fully saturated rings. The lowest BCUT2D eigenvalue weighted by Gasteiger charge is -2.32. The molecule has 1 aliphatic heterocycles. The predicted octanol–water partition coefficient (Wildman–Crippen LogP) is 4.30. The molecule has 0 spiro atoms. The molecule has 0 radical (unpaired) electrons. The Morgan fingerprint density at radius 3 is 2.47 bits per heavy atom. The standard InChI is InChI=1S/C27H34FN3O4S/c1-6-20-15-19(16-23(28)26(20)30-36(5,33)34)18-29-25(32)10-8-21-7-9-22(27(2,3)4)17-24(21)31-11-13-35-14-12-31/h6-10,15-17,30H,1,11-14,18H2,2-5H3,(H,29,32). The van der Waals surface area contributed by atoms with Crippen LogP contribution in [0.4, 0.5) is 15.8 Å². The lowest BCUT2D eigenvalue weighted by Crippen LogP contribution is -2.36. The average molecular weight is 516 g/mol. The highest BCUT2D eigenvalue weighted by atomic mass is 32.2. The zero-order valence-corrected chi connectivity index (χ0v) is 22.0. The van der Waals surface area contributed by atoms with Crippen molar-refractivity contribution < 1.29 is 22.3 Å². The van der Waals surface area contributed by atoms with E-state index in [2.05, 4.69) is 54.4 Å². The summed E-state index contributed by atoms with van der Waals surface area (Å²) in [5.74, 6) is -1.08. The molecule has 1 amide bonds. The van der Waals surface area contributed by atoms with Crippen molar-refractivity contribution in [2.75, 3.05) is 42.2 Å². The minimum absolute atomic E-state index is 0.00734. The Morgan fingerprint density at radius 1 is 1.17 bits per heavy atom. The number of sulfonamides is 1. The minimum Gasteiger partial charge on any atom is -0.378 e. The first-order chi connectivity index (χ1) is 16.9. The van der Waals surface area contributed by atoms with Gasteiger partial charge in [-0.1, -0.05) is 45.6 Å². The molecule has 9 heteroatoms. The first-order valence-corrected chi connectivity index (χ1v) is 13.6. The van der Waals surface area contributed by atoms with Crippen molar-refractivity contribution in [1.82, 2.24) is 5.32 Å². The molecule has 0 unspecified atom stereocenters. The maximum absolute atomic E-state index is 14.5. The summed E-state index contributed by atoms with van der Waals surface area (Å²) in [7, 11) is -3.65. The van der Waals surface area contributed by atoms with Crippen LogP contribution in [0.25, 0.3) is 12.2 Å². The number of morpholine rings is 1. The van der Waals surface area contributed by atoms with Crippen LogP contribution in [0.5, 0.6) is 0 Å². The van der Waals surface area contributed by atoms with E-state index < -0.39 is 15.8 Å². The topological polar surface area (TPSA) is 87.7 Å². The SMILES string of the molecule is C=Cc1cc(CNC(=O)C=Cc2ccc(C(C)(C)C)cc2N2CCOCC2)cc(F)c1NS(C)(=O)=O. The van der Waals surface area contributed by atoms with Crippen molar-refractivity contribution in [3.05, 3.63) is 71.1 Å². The third-order valence-corrected chi connectivity index (χ3v) is 6.39. The molecular weight excluding hydrogens is 481 g/mol. The fourth-order valence-corrected chi connectivity index (χ4v) is 4.47. The summed E-state index contributed by atoms with van der Waals surface area (Å²) in [5, 5.41) is 2.75.